The van der Waals surface area contributed by atoms with Crippen molar-refractivity contribution in [1.82, 2.24) is 4.98 Å². The maximum absolute atomic E-state index is 11.9. The maximum Gasteiger partial charge on any atom is 0.340 e. The van der Waals surface area contributed by atoms with Gasteiger partial charge in [-0.1, -0.05) is 12.1 Å². The highest BCUT2D eigenvalue weighted by atomic mass is 16.5. The third kappa shape index (κ3) is 3.41. The normalized spacial score (nSPS) is 9.85. The number of nitrogens with zero attached hydrogens (tertiary/aromatic N) is 1. The Labute approximate surface area is 116 Å². The van der Waals surface area contributed by atoms with Crippen LogP contribution in [-0.4, -0.2) is 30.5 Å². The number of aromatic nitrogens is 1. The highest BCUT2D eigenvalue weighted by molar-refractivity contribution is 5.99. The number of esters is 1. The molecule has 0 atom stereocenters. The summed E-state index contributed by atoms with van der Waals surface area (Å²) in [7, 11) is 1.52. The van der Waals surface area contributed by atoms with Crippen molar-refractivity contribution >= 4 is 11.8 Å². The predicted molar refractivity (Wildman–Crippen MR) is 71.8 cm³/mol. The number of ketones is 1. The molecule has 1 heterocycles. The Balaban J connectivity index is 1.97. The summed E-state index contributed by atoms with van der Waals surface area (Å²) in [5, 5.41) is 0. The zero-order valence-electron chi connectivity index (χ0n) is 10.9. The first-order valence-corrected chi connectivity index (χ1v) is 5.95. The molecule has 0 amide bonds. The molecule has 0 spiro atoms. The minimum atomic E-state index is -0.575. The highest BCUT2D eigenvalue weighted by Gasteiger charge is 2.12. The Bertz CT molecular complexity index is 610. The number of rotatable bonds is 5. The standard InChI is InChI=1S/C15H13NO4/c1-19-13-6-2-4-11(8-13)14(17)10-20-15(18)12-5-3-7-16-9-12/h2-9H,10H2,1H3. The molecule has 0 saturated heterocycles. The minimum Gasteiger partial charge on any atom is -0.497 e. The highest BCUT2D eigenvalue weighted by Crippen LogP contribution is 2.13. The fourth-order valence-corrected chi connectivity index (χ4v) is 1.58. The number of methoxy groups -OCH3 is 1. The topological polar surface area (TPSA) is 65.5 Å². The fourth-order valence-electron chi connectivity index (χ4n) is 1.58. The van der Waals surface area contributed by atoms with Crippen LogP contribution in [0.3, 0.4) is 0 Å². The number of hydrogen-bond acceptors (Lipinski definition) is 5. The third-order valence-electron chi connectivity index (χ3n) is 2.62. The zero-order valence-corrected chi connectivity index (χ0v) is 10.9. The Morgan fingerprint density at radius 1 is 1.15 bits per heavy atom. The molecular weight excluding hydrogens is 258 g/mol. The first kappa shape index (κ1) is 13.7. The van der Waals surface area contributed by atoms with Gasteiger partial charge in [0.15, 0.2) is 12.4 Å². The lowest BCUT2D eigenvalue weighted by atomic mass is 10.1. The van der Waals surface area contributed by atoms with Gasteiger partial charge in [0, 0.05) is 18.0 Å². The van der Waals surface area contributed by atoms with E-state index in [1.165, 1.54) is 13.3 Å². The average molecular weight is 271 g/mol. The molecule has 20 heavy (non-hydrogen) atoms. The Kier molecular flexibility index (Phi) is 4.44. The van der Waals surface area contributed by atoms with Gasteiger partial charge >= 0.3 is 5.97 Å². The summed E-state index contributed by atoms with van der Waals surface area (Å²) in [6.07, 6.45) is 2.94. The van der Waals surface area contributed by atoms with E-state index < -0.39 is 5.97 Å². The summed E-state index contributed by atoms with van der Waals surface area (Å²) in [5.74, 6) is -0.287. The van der Waals surface area contributed by atoms with Crippen LogP contribution in [0.1, 0.15) is 20.7 Å². The van der Waals surface area contributed by atoms with Crippen molar-refractivity contribution in [2.45, 2.75) is 0 Å². The van der Waals surface area contributed by atoms with Gasteiger partial charge in [-0.2, -0.15) is 0 Å². The maximum atomic E-state index is 11.9. The van der Waals surface area contributed by atoms with Crippen molar-refractivity contribution in [3.63, 3.8) is 0 Å². The number of ether oxygens (including phenoxy) is 2. The van der Waals surface area contributed by atoms with E-state index in [0.29, 0.717) is 16.9 Å². The SMILES string of the molecule is COc1cccc(C(=O)COC(=O)c2cccnc2)c1. The number of carbonyl (C=O) groups excluding carboxylic acids is 2. The van der Waals surface area contributed by atoms with Crippen LogP contribution in [-0.2, 0) is 4.74 Å². The monoisotopic (exact) mass is 271 g/mol. The molecule has 0 unspecified atom stereocenters. The summed E-state index contributed by atoms with van der Waals surface area (Å²) in [4.78, 5) is 27.4. The molecule has 0 fully saturated rings. The summed E-state index contributed by atoms with van der Waals surface area (Å²) >= 11 is 0. The van der Waals surface area contributed by atoms with Crippen molar-refractivity contribution in [3.8, 4) is 5.75 Å². The second-order valence-corrected chi connectivity index (χ2v) is 3.97. The van der Waals surface area contributed by atoms with Crippen LogP contribution in [0.5, 0.6) is 5.75 Å². The van der Waals surface area contributed by atoms with E-state index in [2.05, 4.69) is 4.98 Å². The molecule has 0 radical (unpaired) electrons. The molecule has 0 aliphatic heterocycles. The van der Waals surface area contributed by atoms with E-state index in [1.54, 1.807) is 42.6 Å². The van der Waals surface area contributed by atoms with E-state index in [-0.39, 0.29) is 12.4 Å². The molecule has 0 aliphatic carbocycles. The molecule has 5 nitrogen and oxygen atoms in total. The van der Waals surface area contributed by atoms with Crippen molar-refractivity contribution in [3.05, 3.63) is 59.9 Å². The molecule has 2 aromatic rings. The van der Waals surface area contributed by atoms with Gasteiger partial charge in [-0.15, -0.1) is 0 Å². The molecule has 1 aromatic carbocycles. The molecule has 5 heteroatoms. The number of benzene rings is 1. The summed E-state index contributed by atoms with van der Waals surface area (Å²) in [6, 6.07) is 9.88. The van der Waals surface area contributed by atoms with Crippen LogP contribution in [0.4, 0.5) is 0 Å². The van der Waals surface area contributed by atoms with Crippen LogP contribution in [0, 0.1) is 0 Å². The third-order valence-corrected chi connectivity index (χ3v) is 2.62. The van der Waals surface area contributed by atoms with Crippen molar-refractivity contribution in [1.29, 1.82) is 0 Å². The van der Waals surface area contributed by atoms with Crippen LogP contribution < -0.4 is 4.74 Å². The molecule has 1 aromatic heterocycles. The summed E-state index contributed by atoms with van der Waals surface area (Å²) in [5.41, 5.74) is 0.745. The van der Waals surface area contributed by atoms with E-state index in [0.717, 1.165) is 0 Å². The molecular formula is C15H13NO4. The van der Waals surface area contributed by atoms with Gasteiger partial charge in [0.1, 0.15) is 5.75 Å². The second kappa shape index (κ2) is 6.47. The van der Waals surface area contributed by atoms with Crippen LogP contribution >= 0.6 is 0 Å². The Morgan fingerprint density at radius 3 is 2.65 bits per heavy atom. The zero-order chi connectivity index (χ0) is 14.4. The van der Waals surface area contributed by atoms with Gasteiger partial charge in [0.25, 0.3) is 0 Å². The largest absolute Gasteiger partial charge is 0.497 e. The number of Topliss-reactive ketones (excluding diaryl/α,β-unsaturated/α-hetero) is 1. The first-order valence-electron chi connectivity index (χ1n) is 5.95. The molecule has 2 rings (SSSR count). The molecule has 0 aliphatic rings. The van der Waals surface area contributed by atoms with Gasteiger partial charge in [-0.05, 0) is 24.3 Å². The molecule has 0 N–H and O–H groups in total. The number of pyridine rings is 1. The predicted octanol–water partition coefficient (Wildman–Crippen LogP) is 2.13. The first-order chi connectivity index (χ1) is 9.70. The van der Waals surface area contributed by atoms with Gasteiger partial charge in [-0.25, -0.2) is 4.79 Å². The molecule has 0 bridgehead atoms. The van der Waals surface area contributed by atoms with Crippen molar-refractivity contribution < 1.29 is 19.1 Å². The van der Waals surface area contributed by atoms with Crippen LogP contribution in [0.15, 0.2) is 48.8 Å². The lowest BCUT2D eigenvalue weighted by molar-refractivity contribution is 0.0474. The summed E-state index contributed by atoms with van der Waals surface area (Å²) < 4.78 is 9.98. The van der Waals surface area contributed by atoms with E-state index in [4.69, 9.17) is 9.47 Å². The van der Waals surface area contributed by atoms with Gasteiger partial charge < -0.3 is 9.47 Å². The second-order valence-electron chi connectivity index (χ2n) is 3.97. The van der Waals surface area contributed by atoms with E-state index in [1.807, 2.05) is 0 Å². The van der Waals surface area contributed by atoms with Gasteiger partial charge in [-0.3, -0.25) is 9.78 Å². The van der Waals surface area contributed by atoms with Crippen LogP contribution in [0.2, 0.25) is 0 Å². The number of hydrogen-bond donors (Lipinski definition) is 0. The van der Waals surface area contributed by atoms with E-state index in [9.17, 15) is 9.59 Å². The molecule has 0 saturated carbocycles. The molecule has 102 valence electrons. The average Bonchev–Trinajstić information content (AvgIpc) is 2.53. The Morgan fingerprint density at radius 2 is 1.95 bits per heavy atom. The smallest absolute Gasteiger partial charge is 0.340 e. The lowest BCUT2D eigenvalue weighted by Crippen LogP contribution is -2.14. The minimum absolute atomic E-state index is 0.291. The van der Waals surface area contributed by atoms with Crippen molar-refractivity contribution in [2.24, 2.45) is 0 Å². The number of carbonyl (C=O) groups is 2. The van der Waals surface area contributed by atoms with Crippen molar-refractivity contribution in [2.75, 3.05) is 13.7 Å². The van der Waals surface area contributed by atoms with E-state index >= 15 is 0 Å². The van der Waals surface area contributed by atoms with Crippen LogP contribution in [0.25, 0.3) is 0 Å². The van der Waals surface area contributed by atoms with Gasteiger partial charge in [0.2, 0.25) is 0 Å². The Hall–Kier alpha value is -2.69. The summed E-state index contributed by atoms with van der Waals surface area (Å²) in [6.45, 7) is -0.319. The lowest BCUT2D eigenvalue weighted by Gasteiger charge is -2.05. The quantitative estimate of drug-likeness (QED) is 0.615. The van der Waals surface area contributed by atoms with Gasteiger partial charge in [0.05, 0.1) is 12.7 Å². The fraction of sp³-hybridized carbons (Fsp3) is 0.133.